The lowest BCUT2D eigenvalue weighted by atomic mass is 9.84. The third-order valence-electron chi connectivity index (χ3n) is 5.17. The first kappa shape index (κ1) is 16.4. The molecule has 1 fully saturated rings. The second kappa shape index (κ2) is 6.59. The van der Waals surface area contributed by atoms with Crippen LogP contribution in [-0.2, 0) is 17.2 Å². The molecule has 2 aliphatic rings. The van der Waals surface area contributed by atoms with Gasteiger partial charge in [-0.3, -0.25) is 4.21 Å². The Morgan fingerprint density at radius 1 is 1.39 bits per heavy atom. The number of nitrogens with one attached hydrogen (secondary N) is 2. The van der Waals surface area contributed by atoms with Crippen LogP contribution in [0.25, 0.3) is 0 Å². The molecule has 0 spiro atoms. The predicted octanol–water partition coefficient (Wildman–Crippen LogP) is 2.80. The van der Waals surface area contributed by atoms with E-state index in [1.807, 2.05) is 0 Å². The maximum Gasteiger partial charge on any atom is 0.315 e. The lowest BCUT2D eigenvalue weighted by Gasteiger charge is -2.40. The van der Waals surface area contributed by atoms with Gasteiger partial charge in [-0.15, -0.1) is 0 Å². The first-order valence-corrected chi connectivity index (χ1v) is 9.72. The lowest BCUT2D eigenvalue weighted by Crippen LogP contribution is -2.52. The van der Waals surface area contributed by atoms with Crippen molar-refractivity contribution in [3.05, 3.63) is 35.1 Å². The molecule has 3 rings (SSSR count). The molecule has 4 nitrogen and oxygen atoms in total. The molecule has 2 atom stereocenters. The number of hydrogen-bond acceptors (Lipinski definition) is 2. The monoisotopic (exact) mass is 338 g/mol. The Morgan fingerprint density at radius 3 is 2.83 bits per heavy atom. The minimum absolute atomic E-state index is 0.154. The van der Waals surface area contributed by atoms with Crippen LogP contribution in [0.3, 0.4) is 0 Å². The van der Waals surface area contributed by atoms with Gasteiger partial charge >= 0.3 is 6.03 Å². The van der Waals surface area contributed by atoms with Crippen LogP contribution < -0.4 is 10.6 Å². The third kappa shape index (κ3) is 3.42. The number of carbonyl (C=O) groups excluding carboxylic acids is 1. The molecule has 1 aromatic rings. The average Bonchev–Trinajstić information content (AvgIpc) is 2.46. The number of amides is 2. The normalized spacial score (nSPS) is 23.3. The SMILES string of the molecule is C[S@@](=O)C1(CNC(=O)N[C@@H]2CCCc3ccc(F)cc32)CCC1. The molecule has 0 aromatic heterocycles. The topological polar surface area (TPSA) is 58.2 Å². The summed E-state index contributed by atoms with van der Waals surface area (Å²) >= 11 is 0. The molecule has 0 saturated heterocycles. The van der Waals surface area contributed by atoms with E-state index in [1.165, 1.54) is 12.1 Å². The van der Waals surface area contributed by atoms with Gasteiger partial charge in [-0.25, -0.2) is 9.18 Å². The molecule has 0 radical (unpaired) electrons. The van der Waals surface area contributed by atoms with Crippen LogP contribution in [0.5, 0.6) is 0 Å². The first-order valence-electron chi connectivity index (χ1n) is 8.16. The van der Waals surface area contributed by atoms with Crippen LogP contribution in [0.4, 0.5) is 9.18 Å². The summed E-state index contributed by atoms with van der Waals surface area (Å²) < 4.78 is 25.1. The van der Waals surface area contributed by atoms with E-state index >= 15 is 0 Å². The van der Waals surface area contributed by atoms with Gasteiger partial charge in [-0.2, -0.15) is 0 Å². The van der Waals surface area contributed by atoms with Gasteiger partial charge in [0, 0.05) is 23.6 Å². The number of fused-ring (bicyclic) bond motifs is 1. The van der Waals surface area contributed by atoms with Gasteiger partial charge in [0.25, 0.3) is 0 Å². The number of urea groups is 1. The third-order valence-corrected chi connectivity index (χ3v) is 6.95. The Morgan fingerprint density at radius 2 is 2.17 bits per heavy atom. The standard InChI is InChI=1S/C17H23FN2O2S/c1-23(22)17(8-3-9-17)11-19-16(21)20-15-5-2-4-12-6-7-13(18)10-14(12)15/h6-7,10,15H,2-5,8-9,11H2,1H3,(H2,19,20,21)/t15-,23-/m1/s1. The Balaban J connectivity index is 1.61. The van der Waals surface area contributed by atoms with Crippen molar-refractivity contribution in [3.8, 4) is 0 Å². The van der Waals surface area contributed by atoms with E-state index in [4.69, 9.17) is 0 Å². The highest BCUT2D eigenvalue weighted by atomic mass is 32.2. The van der Waals surface area contributed by atoms with Crippen LogP contribution in [-0.4, -0.2) is 27.8 Å². The quantitative estimate of drug-likeness (QED) is 0.887. The van der Waals surface area contributed by atoms with Gasteiger partial charge in [0.05, 0.1) is 10.8 Å². The van der Waals surface area contributed by atoms with Gasteiger partial charge in [0.15, 0.2) is 0 Å². The molecule has 0 heterocycles. The Kier molecular flexibility index (Phi) is 4.71. The van der Waals surface area contributed by atoms with Crippen molar-refractivity contribution in [2.75, 3.05) is 12.8 Å². The highest BCUT2D eigenvalue weighted by molar-refractivity contribution is 7.85. The average molecular weight is 338 g/mol. The minimum atomic E-state index is -0.937. The largest absolute Gasteiger partial charge is 0.337 e. The summed E-state index contributed by atoms with van der Waals surface area (Å²) in [5.41, 5.74) is 1.98. The van der Waals surface area contributed by atoms with E-state index in [9.17, 15) is 13.4 Å². The van der Waals surface area contributed by atoms with Gasteiger partial charge in [0.1, 0.15) is 5.82 Å². The van der Waals surface area contributed by atoms with E-state index in [0.717, 1.165) is 49.7 Å². The molecule has 6 heteroatoms. The van der Waals surface area contributed by atoms with Crippen molar-refractivity contribution in [3.63, 3.8) is 0 Å². The lowest BCUT2D eigenvalue weighted by molar-refractivity contribution is 0.230. The second-order valence-electron chi connectivity index (χ2n) is 6.61. The van der Waals surface area contributed by atoms with Crippen LogP contribution >= 0.6 is 0 Å². The number of rotatable bonds is 4. The summed E-state index contributed by atoms with van der Waals surface area (Å²) in [5, 5.41) is 5.81. The smallest absolute Gasteiger partial charge is 0.315 e. The molecular formula is C17H23FN2O2S. The van der Waals surface area contributed by atoms with Crippen LogP contribution in [0.1, 0.15) is 49.3 Å². The van der Waals surface area contributed by atoms with Crippen LogP contribution in [0, 0.1) is 5.82 Å². The molecule has 2 amide bonds. The molecule has 1 aromatic carbocycles. The Bertz CT molecular complexity index is 631. The molecule has 0 bridgehead atoms. The molecular weight excluding hydrogens is 315 g/mol. The number of carbonyl (C=O) groups is 1. The number of halogens is 1. The fourth-order valence-corrected chi connectivity index (χ4v) is 4.65. The Hall–Kier alpha value is -1.43. The van der Waals surface area contributed by atoms with Crippen molar-refractivity contribution in [1.82, 2.24) is 10.6 Å². The van der Waals surface area contributed by atoms with Crippen molar-refractivity contribution in [2.45, 2.75) is 49.3 Å². The van der Waals surface area contributed by atoms with Crippen LogP contribution in [0.15, 0.2) is 18.2 Å². The molecule has 126 valence electrons. The van der Waals surface area contributed by atoms with E-state index in [1.54, 1.807) is 12.3 Å². The van der Waals surface area contributed by atoms with Crippen molar-refractivity contribution >= 4 is 16.8 Å². The van der Waals surface area contributed by atoms with E-state index in [2.05, 4.69) is 10.6 Å². The fraction of sp³-hybridized carbons (Fsp3) is 0.588. The summed E-state index contributed by atoms with van der Waals surface area (Å²) in [7, 11) is -0.937. The van der Waals surface area contributed by atoms with E-state index in [-0.39, 0.29) is 22.6 Å². The van der Waals surface area contributed by atoms with Crippen LogP contribution in [0.2, 0.25) is 0 Å². The van der Waals surface area contributed by atoms with Gasteiger partial charge in [-0.1, -0.05) is 12.5 Å². The summed E-state index contributed by atoms with van der Waals surface area (Å²) in [6.45, 7) is 0.435. The van der Waals surface area contributed by atoms with Crippen molar-refractivity contribution in [1.29, 1.82) is 0 Å². The van der Waals surface area contributed by atoms with Gasteiger partial charge in [0.2, 0.25) is 0 Å². The first-order chi connectivity index (χ1) is 11.0. The molecule has 2 N–H and O–H groups in total. The summed E-state index contributed by atoms with van der Waals surface area (Å²) in [4.78, 5) is 12.2. The molecule has 2 aliphatic carbocycles. The Labute approximate surface area is 138 Å². The van der Waals surface area contributed by atoms with Gasteiger partial charge in [-0.05, 0) is 55.4 Å². The molecule has 23 heavy (non-hydrogen) atoms. The van der Waals surface area contributed by atoms with Crippen molar-refractivity contribution < 1.29 is 13.4 Å². The summed E-state index contributed by atoms with van der Waals surface area (Å²) in [5.74, 6) is -0.271. The number of hydrogen-bond donors (Lipinski definition) is 2. The zero-order chi connectivity index (χ0) is 16.4. The van der Waals surface area contributed by atoms with E-state index < -0.39 is 10.8 Å². The predicted molar refractivity (Wildman–Crippen MR) is 89.3 cm³/mol. The highest BCUT2D eigenvalue weighted by Crippen LogP contribution is 2.36. The minimum Gasteiger partial charge on any atom is -0.337 e. The molecule has 0 aliphatic heterocycles. The van der Waals surface area contributed by atoms with Gasteiger partial charge < -0.3 is 10.6 Å². The van der Waals surface area contributed by atoms with E-state index in [0.29, 0.717) is 6.54 Å². The maximum absolute atomic E-state index is 13.5. The zero-order valence-corrected chi connectivity index (χ0v) is 14.2. The molecule has 1 saturated carbocycles. The summed E-state index contributed by atoms with van der Waals surface area (Å²) in [6.07, 6.45) is 7.29. The van der Waals surface area contributed by atoms with Crippen molar-refractivity contribution in [2.24, 2.45) is 0 Å². The highest BCUT2D eigenvalue weighted by Gasteiger charge is 2.41. The number of aryl methyl sites for hydroxylation is 1. The fourth-order valence-electron chi connectivity index (χ4n) is 3.51. The summed E-state index contributed by atoms with van der Waals surface area (Å²) in [6, 6.07) is 4.38. The second-order valence-corrected chi connectivity index (χ2v) is 8.38. The molecule has 0 unspecified atom stereocenters. The maximum atomic E-state index is 13.5. The number of benzene rings is 1. The zero-order valence-electron chi connectivity index (χ0n) is 13.4.